The molecule has 2 fully saturated rings. The van der Waals surface area contributed by atoms with Crippen LogP contribution in [0.3, 0.4) is 0 Å². The molecule has 2 heterocycles. The van der Waals surface area contributed by atoms with Gasteiger partial charge in [0.1, 0.15) is 11.5 Å². The van der Waals surface area contributed by atoms with E-state index in [9.17, 15) is 9.59 Å². The van der Waals surface area contributed by atoms with Crippen LogP contribution in [0.25, 0.3) is 0 Å². The van der Waals surface area contributed by atoms with E-state index in [1.54, 1.807) is 6.92 Å². The minimum atomic E-state index is -0.273. The van der Waals surface area contributed by atoms with E-state index in [0.717, 1.165) is 62.5 Å². The van der Waals surface area contributed by atoms with E-state index >= 15 is 0 Å². The highest BCUT2D eigenvalue weighted by molar-refractivity contribution is 6.63. The summed E-state index contributed by atoms with van der Waals surface area (Å²) in [6.07, 6.45) is 5.59. The van der Waals surface area contributed by atoms with E-state index in [0.29, 0.717) is 24.7 Å². The number of hydrogen-bond acceptors (Lipinski definition) is 6. The van der Waals surface area contributed by atoms with Crippen molar-refractivity contribution in [2.45, 2.75) is 85.0 Å². The number of carbonyl (C=O) groups excluding carboxylic acids is 2. The third-order valence-corrected chi connectivity index (χ3v) is 9.27. The predicted molar refractivity (Wildman–Crippen MR) is 180 cm³/mol. The monoisotopic (exact) mass is 627 g/mol. The zero-order chi connectivity index (χ0) is 32.1. The van der Waals surface area contributed by atoms with Crippen LogP contribution in [-0.2, 0) is 22.4 Å². The van der Waals surface area contributed by atoms with Gasteiger partial charge in [-0.25, -0.2) is 0 Å². The highest BCUT2D eigenvalue weighted by atomic mass is 35.5. The third-order valence-electron chi connectivity index (χ3n) is 9.01. The van der Waals surface area contributed by atoms with Gasteiger partial charge in [-0.2, -0.15) is 0 Å². The number of carbonyl (C=O) groups is 2. The van der Waals surface area contributed by atoms with Crippen LogP contribution in [0, 0.1) is 11.8 Å². The number of nitrogens with zero attached hydrogens (tertiary/aromatic N) is 1. The number of rotatable bonds is 10. The SMILES string of the molecule is CCC(=O)Cl.CCC(=O)NC[C@@H]1CC1c1cccc2c1CCO2.CCN(CC)CC.NC[C@@H]1CC1c1cccc2c1CCO2. The van der Waals surface area contributed by atoms with Crippen molar-refractivity contribution in [1.29, 1.82) is 0 Å². The molecule has 0 spiro atoms. The first-order valence-electron chi connectivity index (χ1n) is 16.7. The number of hydrogen-bond donors (Lipinski definition) is 2. The highest BCUT2D eigenvalue weighted by Gasteiger charge is 2.40. The molecule has 0 bridgehead atoms. The number of halogens is 1. The topological polar surface area (TPSA) is 93.9 Å². The molecule has 0 radical (unpaired) electrons. The Hall–Kier alpha value is -2.61. The number of ether oxygens (including phenoxy) is 2. The molecule has 1 amide bonds. The Bertz CT molecular complexity index is 1200. The van der Waals surface area contributed by atoms with Gasteiger partial charge in [-0.15, -0.1) is 0 Å². The summed E-state index contributed by atoms with van der Waals surface area (Å²) in [5.41, 5.74) is 11.5. The summed E-state index contributed by atoms with van der Waals surface area (Å²) in [6, 6.07) is 12.8. The molecule has 2 aliphatic heterocycles. The maximum Gasteiger partial charge on any atom is 0.221 e. The van der Waals surface area contributed by atoms with Crippen molar-refractivity contribution < 1.29 is 19.1 Å². The molecule has 2 aliphatic carbocycles. The van der Waals surface area contributed by atoms with E-state index in [2.05, 4.69) is 67.4 Å². The average Bonchev–Trinajstić information content (AvgIpc) is 3.89. The normalized spacial score (nSPS) is 21.5. The number of nitrogens with one attached hydrogen (secondary N) is 1. The fourth-order valence-corrected chi connectivity index (χ4v) is 5.98. The predicted octanol–water partition coefficient (Wildman–Crippen LogP) is 6.44. The first-order valence-corrected chi connectivity index (χ1v) is 17.1. The second-order valence-electron chi connectivity index (χ2n) is 11.8. The highest BCUT2D eigenvalue weighted by Crippen LogP contribution is 2.51. The molecule has 4 atom stereocenters. The molecule has 2 aromatic rings. The fourth-order valence-electron chi connectivity index (χ4n) is 5.98. The van der Waals surface area contributed by atoms with Gasteiger partial charge in [-0.3, -0.25) is 9.59 Å². The summed E-state index contributed by atoms with van der Waals surface area (Å²) in [7, 11) is 0. The first-order chi connectivity index (χ1) is 21.3. The average molecular weight is 628 g/mol. The van der Waals surface area contributed by atoms with Gasteiger partial charge in [0.25, 0.3) is 0 Å². The van der Waals surface area contributed by atoms with Crippen molar-refractivity contribution >= 4 is 22.8 Å². The Balaban J connectivity index is 0.000000180. The van der Waals surface area contributed by atoms with Gasteiger partial charge in [-0.05, 0) is 97.6 Å². The number of nitrogens with two attached hydrogens (primary N) is 1. The Morgan fingerprint density at radius 1 is 0.818 bits per heavy atom. The molecule has 0 aromatic heterocycles. The van der Waals surface area contributed by atoms with Gasteiger partial charge in [0.05, 0.1) is 13.2 Å². The smallest absolute Gasteiger partial charge is 0.221 e. The van der Waals surface area contributed by atoms with Crippen LogP contribution in [0.5, 0.6) is 11.5 Å². The molecule has 0 saturated heterocycles. The molecule has 2 aromatic carbocycles. The summed E-state index contributed by atoms with van der Waals surface area (Å²) in [6.45, 7) is 17.1. The molecule has 6 rings (SSSR count). The van der Waals surface area contributed by atoms with Gasteiger partial charge < -0.3 is 25.4 Å². The van der Waals surface area contributed by atoms with Gasteiger partial charge in [0.2, 0.25) is 11.1 Å². The lowest BCUT2D eigenvalue weighted by molar-refractivity contribution is -0.120. The summed E-state index contributed by atoms with van der Waals surface area (Å²) < 4.78 is 11.2. The van der Waals surface area contributed by atoms with E-state index in [-0.39, 0.29) is 11.1 Å². The number of amides is 1. The molecule has 8 heteroatoms. The standard InChI is InChI=1S/C15H19NO2.C12H15NO.C6H15N.C3H5ClO/c1-2-15(17)16-9-10-8-13(10)11-4-3-5-14-12(11)6-7-18-14;13-7-8-6-11(8)9-2-1-3-12-10(9)4-5-14-12;1-4-7(5-2)6-3;1-2-3(4)5/h3-5,10,13H,2,6-9H2,1H3,(H,16,17);1-3,8,11H,4-7,13H2;4-6H2,1-3H3;2H2,1H3/t10-,13?;8-,11?;;/m00../s1. The van der Waals surface area contributed by atoms with Crippen LogP contribution in [-0.4, -0.2) is 62.0 Å². The second kappa shape index (κ2) is 18.4. The van der Waals surface area contributed by atoms with Crippen molar-refractivity contribution in [1.82, 2.24) is 10.2 Å². The van der Waals surface area contributed by atoms with Crippen LogP contribution in [0.2, 0.25) is 0 Å². The largest absolute Gasteiger partial charge is 0.493 e. The number of fused-ring (bicyclic) bond motifs is 2. The van der Waals surface area contributed by atoms with E-state index in [1.807, 2.05) is 6.92 Å². The van der Waals surface area contributed by atoms with Crippen LogP contribution >= 0.6 is 11.6 Å². The molecule has 44 heavy (non-hydrogen) atoms. The molecule has 4 aliphatic rings. The first kappa shape index (κ1) is 35.9. The lowest BCUT2D eigenvalue weighted by Crippen LogP contribution is -2.24. The lowest BCUT2D eigenvalue weighted by Gasteiger charge is -2.13. The van der Waals surface area contributed by atoms with Crippen molar-refractivity contribution in [3.63, 3.8) is 0 Å². The maximum atomic E-state index is 11.2. The summed E-state index contributed by atoms with van der Waals surface area (Å²) >= 11 is 4.82. The van der Waals surface area contributed by atoms with E-state index in [4.69, 9.17) is 26.8 Å². The molecule has 244 valence electrons. The lowest BCUT2D eigenvalue weighted by atomic mass is 10.00. The van der Waals surface area contributed by atoms with Crippen molar-refractivity contribution in [2.75, 3.05) is 45.9 Å². The van der Waals surface area contributed by atoms with Crippen LogP contribution in [0.1, 0.15) is 94.4 Å². The minimum absolute atomic E-state index is 0.155. The third kappa shape index (κ3) is 10.5. The Morgan fingerprint density at radius 2 is 1.30 bits per heavy atom. The van der Waals surface area contributed by atoms with Gasteiger partial charge in [-0.1, -0.05) is 58.9 Å². The zero-order valence-corrected chi connectivity index (χ0v) is 28.3. The molecule has 7 nitrogen and oxygen atoms in total. The van der Waals surface area contributed by atoms with Crippen LogP contribution < -0.4 is 20.5 Å². The van der Waals surface area contributed by atoms with E-state index < -0.39 is 0 Å². The minimum Gasteiger partial charge on any atom is -0.493 e. The van der Waals surface area contributed by atoms with Gasteiger partial charge in [0.15, 0.2) is 0 Å². The zero-order valence-electron chi connectivity index (χ0n) is 27.5. The fraction of sp³-hybridized carbons (Fsp3) is 0.611. The van der Waals surface area contributed by atoms with Crippen LogP contribution in [0.15, 0.2) is 36.4 Å². The van der Waals surface area contributed by atoms with Gasteiger partial charge in [0, 0.05) is 43.4 Å². The Morgan fingerprint density at radius 3 is 1.68 bits per heavy atom. The Kier molecular flexibility index (Phi) is 15.0. The maximum absolute atomic E-state index is 11.2. The molecular formula is C36H54ClN3O4. The second-order valence-corrected chi connectivity index (χ2v) is 12.2. The van der Waals surface area contributed by atoms with Crippen molar-refractivity contribution in [3.8, 4) is 11.5 Å². The van der Waals surface area contributed by atoms with Crippen LogP contribution in [0.4, 0.5) is 0 Å². The van der Waals surface area contributed by atoms with Gasteiger partial charge >= 0.3 is 0 Å². The summed E-state index contributed by atoms with van der Waals surface area (Å²) in [4.78, 5) is 23.2. The molecule has 2 unspecified atom stereocenters. The van der Waals surface area contributed by atoms with Crippen molar-refractivity contribution in [2.24, 2.45) is 17.6 Å². The molecule has 2 saturated carbocycles. The quantitative estimate of drug-likeness (QED) is 0.294. The summed E-state index contributed by atoms with van der Waals surface area (Å²) in [5, 5.41) is 2.72. The van der Waals surface area contributed by atoms with Crippen molar-refractivity contribution in [3.05, 3.63) is 58.7 Å². The molecular weight excluding hydrogens is 574 g/mol. The van der Waals surface area contributed by atoms with E-state index in [1.165, 1.54) is 54.7 Å². The molecule has 3 N–H and O–H groups in total. The Labute approximate surface area is 270 Å². The number of benzene rings is 2. The summed E-state index contributed by atoms with van der Waals surface area (Å²) in [5.74, 6) is 5.01.